The summed E-state index contributed by atoms with van der Waals surface area (Å²) in [7, 11) is 1.34. The van der Waals surface area contributed by atoms with Gasteiger partial charge in [-0.1, -0.05) is 0 Å². The lowest BCUT2D eigenvalue weighted by atomic mass is 10.3. The molecule has 0 radical (unpaired) electrons. The molecule has 0 amide bonds. The van der Waals surface area contributed by atoms with Crippen molar-refractivity contribution in [3.8, 4) is 10.6 Å². The van der Waals surface area contributed by atoms with Crippen LogP contribution < -0.4 is 0 Å². The van der Waals surface area contributed by atoms with E-state index in [1.807, 2.05) is 18.2 Å². The third-order valence-corrected chi connectivity index (χ3v) is 4.28. The number of rotatable bonds is 2. The van der Waals surface area contributed by atoms with E-state index in [-0.39, 0.29) is 0 Å². The molecule has 3 heterocycles. The summed E-state index contributed by atoms with van der Waals surface area (Å²) in [4.78, 5) is 16.9. The average Bonchev–Trinajstić information content (AvgIpc) is 3.03. The molecule has 0 unspecified atom stereocenters. The number of methoxy groups -OCH3 is 1. The predicted octanol–water partition coefficient (Wildman–Crippen LogP) is 3.01. The Hall–Kier alpha value is -1.73. The SMILES string of the molecule is COC(=O)c1cnn2c(-c3ccc(Br)s3)ccnc12. The van der Waals surface area contributed by atoms with Gasteiger partial charge in [0.15, 0.2) is 5.65 Å². The van der Waals surface area contributed by atoms with E-state index in [1.165, 1.54) is 13.3 Å². The van der Waals surface area contributed by atoms with Gasteiger partial charge in [-0.05, 0) is 34.1 Å². The lowest BCUT2D eigenvalue weighted by molar-refractivity contribution is 0.0602. The molecule has 0 N–H and O–H groups in total. The fourth-order valence-electron chi connectivity index (χ4n) is 1.78. The summed E-state index contributed by atoms with van der Waals surface area (Å²) in [5.74, 6) is -0.438. The first-order chi connectivity index (χ1) is 9.20. The van der Waals surface area contributed by atoms with Crippen LogP contribution in [-0.2, 0) is 4.74 Å². The number of nitrogens with zero attached hydrogens (tertiary/aromatic N) is 3. The van der Waals surface area contributed by atoms with Crippen LogP contribution in [0, 0.1) is 0 Å². The van der Waals surface area contributed by atoms with E-state index in [0.29, 0.717) is 11.2 Å². The predicted molar refractivity (Wildman–Crippen MR) is 75.3 cm³/mol. The summed E-state index contributed by atoms with van der Waals surface area (Å²) in [6.45, 7) is 0. The van der Waals surface area contributed by atoms with E-state index >= 15 is 0 Å². The molecule has 0 saturated heterocycles. The highest BCUT2D eigenvalue weighted by Gasteiger charge is 2.16. The summed E-state index contributed by atoms with van der Waals surface area (Å²) in [6.07, 6.45) is 3.13. The minimum Gasteiger partial charge on any atom is -0.465 e. The van der Waals surface area contributed by atoms with Crippen LogP contribution in [0.25, 0.3) is 16.2 Å². The molecule has 0 aliphatic rings. The van der Waals surface area contributed by atoms with Crippen molar-refractivity contribution in [2.75, 3.05) is 7.11 Å². The number of carbonyl (C=O) groups excluding carboxylic acids is 1. The second-order valence-electron chi connectivity index (χ2n) is 3.72. The van der Waals surface area contributed by atoms with Gasteiger partial charge in [0.2, 0.25) is 0 Å². The van der Waals surface area contributed by atoms with Crippen molar-refractivity contribution in [1.82, 2.24) is 14.6 Å². The second-order valence-corrected chi connectivity index (χ2v) is 6.18. The zero-order valence-corrected chi connectivity index (χ0v) is 12.2. The van der Waals surface area contributed by atoms with Crippen LogP contribution in [0.5, 0.6) is 0 Å². The number of fused-ring (bicyclic) bond motifs is 1. The zero-order chi connectivity index (χ0) is 13.4. The Morgan fingerprint density at radius 1 is 1.42 bits per heavy atom. The fourth-order valence-corrected chi connectivity index (χ4v) is 3.18. The van der Waals surface area contributed by atoms with Gasteiger partial charge in [-0.3, -0.25) is 0 Å². The second kappa shape index (κ2) is 4.75. The van der Waals surface area contributed by atoms with Gasteiger partial charge in [-0.2, -0.15) is 5.10 Å². The third-order valence-electron chi connectivity index (χ3n) is 2.63. The van der Waals surface area contributed by atoms with Crippen molar-refractivity contribution in [3.63, 3.8) is 0 Å². The topological polar surface area (TPSA) is 56.5 Å². The van der Waals surface area contributed by atoms with Crippen molar-refractivity contribution in [2.45, 2.75) is 0 Å². The maximum Gasteiger partial charge on any atom is 0.343 e. The summed E-state index contributed by atoms with van der Waals surface area (Å²) in [6, 6.07) is 5.82. The van der Waals surface area contributed by atoms with Gasteiger partial charge in [-0.25, -0.2) is 14.3 Å². The molecule has 0 bridgehead atoms. The van der Waals surface area contributed by atoms with E-state index in [9.17, 15) is 4.79 Å². The van der Waals surface area contributed by atoms with Crippen LogP contribution in [-0.4, -0.2) is 27.7 Å². The first-order valence-electron chi connectivity index (χ1n) is 5.37. The standard InChI is InChI=1S/C12H8BrN3O2S/c1-18-12(17)7-6-15-16-8(4-5-14-11(7)16)9-2-3-10(13)19-9/h2-6H,1H3. The summed E-state index contributed by atoms with van der Waals surface area (Å²) in [5.41, 5.74) is 1.74. The van der Waals surface area contributed by atoms with E-state index in [0.717, 1.165) is 14.4 Å². The van der Waals surface area contributed by atoms with E-state index in [1.54, 1.807) is 22.0 Å². The molecule has 7 heteroatoms. The van der Waals surface area contributed by atoms with Crippen molar-refractivity contribution < 1.29 is 9.53 Å². The normalized spacial score (nSPS) is 10.8. The highest BCUT2D eigenvalue weighted by atomic mass is 79.9. The van der Waals surface area contributed by atoms with Gasteiger partial charge < -0.3 is 4.74 Å². The highest BCUT2D eigenvalue weighted by molar-refractivity contribution is 9.11. The van der Waals surface area contributed by atoms with Crippen molar-refractivity contribution >= 4 is 38.9 Å². The Kier molecular flexibility index (Phi) is 3.08. The van der Waals surface area contributed by atoms with E-state index in [2.05, 4.69) is 26.0 Å². The minimum absolute atomic E-state index is 0.361. The lowest BCUT2D eigenvalue weighted by Gasteiger charge is -2.01. The Morgan fingerprint density at radius 3 is 2.95 bits per heavy atom. The molecule has 3 rings (SSSR count). The number of hydrogen-bond acceptors (Lipinski definition) is 5. The Bertz CT molecular complexity index is 765. The molecule has 0 spiro atoms. The number of thiophene rings is 1. The maximum absolute atomic E-state index is 11.6. The molecule has 0 aliphatic heterocycles. The molecule has 3 aromatic heterocycles. The molecule has 0 aliphatic carbocycles. The summed E-state index contributed by atoms with van der Waals surface area (Å²) < 4.78 is 7.39. The van der Waals surface area contributed by atoms with Crippen LogP contribution >= 0.6 is 27.3 Å². The number of ether oxygens (including phenoxy) is 1. The van der Waals surface area contributed by atoms with E-state index in [4.69, 9.17) is 4.74 Å². The Labute approximate surface area is 121 Å². The average molecular weight is 338 g/mol. The third kappa shape index (κ3) is 2.04. The Morgan fingerprint density at radius 2 is 2.26 bits per heavy atom. The van der Waals surface area contributed by atoms with Gasteiger partial charge in [0.25, 0.3) is 0 Å². The quantitative estimate of drug-likeness (QED) is 0.674. The minimum atomic E-state index is -0.438. The van der Waals surface area contributed by atoms with Crippen molar-refractivity contribution in [1.29, 1.82) is 0 Å². The largest absolute Gasteiger partial charge is 0.465 e. The molecule has 0 fully saturated rings. The van der Waals surface area contributed by atoms with Crippen molar-refractivity contribution in [2.24, 2.45) is 0 Å². The molecule has 0 atom stereocenters. The lowest BCUT2D eigenvalue weighted by Crippen LogP contribution is -2.02. The van der Waals surface area contributed by atoms with Crippen molar-refractivity contribution in [3.05, 3.63) is 39.9 Å². The van der Waals surface area contributed by atoms with Gasteiger partial charge in [-0.15, -0.1) is 11.3 Å². The molecular weight excluding hydrogens is 330 g/mol. The number of halogens is 1. The molecular formula is C12H8BrN3O2S. The fraction of sp³-hybridized carbons (Fsp3) is 0.0833. The monoisotopic (exact) mass is 337 g/mol. The molecule has 0 saturated carbocycles. The van der Waals surface area contributed by atoms with Gasteiger partial charge >= 0.3 is 5.97 Å². The van der Waals surface area contributed by atoms with Crippen LogP contribution in [0.1, 0.15) is 10.4 Å². The van der Waals surface area contributed by atoms with Gasteiger partial charge in [0.05, 0.1) is 27.7 Å². The number of aromatic nitrogens is 3. The highest BCUT2D eigenvalue weighted by Crippen LogP contribution is 2.31. The smallest absolute Gasteiger partial charge is 0.343 e. The van der Waals surface area contributed by atoms with Gasteiger partial charge in [0.1, 0.15) is 5.56 Å². The summed E-state index contributed by atoms with van der Waals surface area (Å²) >= 11 is 5.02. The number of hydrogen-bond donors (Lipinski definition) is 0. The maximum atomic E-state index is 11.6. The molecule has 3 aromatic rings. The molecule has 5 nitrogen and oxygen atoms in total. The van der Waals surface area contributed by atoms with Crippen LogP contribution in [0.4, 0.5) is 0 Å². The summed E-state index contributed by atoms with van der Waals surface area (Å²) in [5, 5.41) is 4.22. The van der Waals surface area contributed by atoms with Crippen LogP contribution in [0.15, 0.2) is 34.4 Å². The first-order valence-corrected chi connectivity index (χ1v) is 6.98. The molecule has 96 valence electrons. The molecule has 19 heavy (non-hydrogen) atoms. The Balaban J connectivity index is 2.22. The zero-order valence-electron chi connectivity index (χ0n) is 9.83. The molecule has 0 aromatic carbocycles. The number of esters is 1. The van der Waals surface area contributed by atoms with Crippen LogP contribution in [0.2, 0.25) is 0 Å². The van der Waals surface area contributed by atoms with Gasteiger partial charge in [0, 0.05) is 6.20 Å². The first kappa shape index (κ1) is 12.3. The van der Waals surface area contributed by atoms with E-state index < -0.39 is 5.97 Å². The van der Waals surface area contributed by atoms with Crippen LogP contribution in [0.3, 0.4) is 0 Å². The number of carbonyl (C=O) groups is 1.